The van der Waals surface area contributed by atoms with Gasteiger partial charge in [0.25, 0.3) is 5.91 Å². The molecule has 0 aromatic carbocycles. The second-order valence-electron chi connectivity index (χ2n) is 4.38. The van der Waals surface area contributed by atoms with Gasteiger partial charge in [-0.15, -0.1) is 6.58 Å². The molecule has 1 heterocycles. The molecule has 1 aromatic rings. The van der Waals surface area contributed by atoms with E-state index < -0.39 is 0 Å². The molecule has 0 atom stereocenters. The number of nitrogens with one attached hydrogen (secondary N) is 1. The van der Waals surface area contributed by atoms with Gasteiger partial charge in [-0.3, -0.25) is 4.79 Å². The first-order valence-electron chi connectivity index (χ1n) is 5.72. The Balaban J connectivity index is 2.24. The Morgan fingerprint density at radius 3 is 2.88 bits per heavy atom. The highest BCUT2D eigenvalue weighted by Crippen LogP contribution is 2.38. The van der Waals surface area contributed by atoms with Crippen LogP contribution in [0.4, 0.5) is 0 Å². The highest BCUT2D eigenvalue weighted by Gasteiger charge is 2.28. The number of carbonyl (C=O) groups is 1. The molecule has 1 aromatic heterocycles. The zero-order valence-corrected chi connectivity index (χ0v) is 9.92. The fourth-order valence-corrected chi connectivity index (χ4v) is 2.16. The van der Waals surface area contributed by atoms with Crippen molar-refractivity contribution in [2.45, 2.75) is 32.7 Å². The van der Waals surface area contributed by atoms with E-state index in [2.05, 4.69) is 23.4 Å². The van der Waals surface area contributed by atoms with Crippen LogP contribution >= 0.6 is 0 Å². The van der Waals surface area contributed by atoms with E-state index in [-0.39, 0.29) is 5.91 Å². The van der Waals surface area contributed by atoms with Gasteiger partial charge < -0.3 is 9.88 Å². The van der Waals surface area contributed by atoms with Crippen LogP contribution in [-0.2, 0) is 0 Å². The molecule has 3 heteroatoms. The normalized spacial score (nSPS) is 14.9. The molecule has 1 aliphatic carbocycles. The Bertz CT molecular complexity index is 427. The van der Waals surface area contributed by atoms with Gasteiger partial charge in [0.1, 0.15) is 0 Å². The molecule has 16 heavy (non-hydrogen) atoms. The van der Waals surface area contributed by atoms with Gasteiger partial charge in [-0.25, -0.2) is 0 Å². The van der Waals surface area contributed by atoms with E-state index in [0.29, 0.717) is 12.6 Å². The topological polar surface area (TPSA) is 34.0 Å². The van der Waals surface area contributed by atoms with Crippen molar-refractivity contribution in [1.82, 2.24) is 9.88 Å². The molecule has 1 fully saturated rings. The summed E-state index contributed by atoms with van der Waals surface area (Å²) in [5.41, 5.74) is 3.07. The molecule has 1 N–H and O–H groups in total. The van der Waals surface area contributed by atoms with Gasteiger partial charge >= 0.3 is 0 Å². The van der Waals surface area contributed by atoms with Crippen LogP contribution in [0, 0.1) is 13.8 Å². The molecular weight excluding hydrogens is 200 g/mol. The second-order valence-corrected chi connectivity index (χ2v) is 4.38. The Morgan fingerprint density at radius 1 is 1.62 bits per heavy atom. The van der Waals surface area contributed by atoms with E-state index in [1.807, 2.05) is 13.0 Å². The lowest BCUT2D eigenvalue weighted by molar-refractivity contribution is 0.0957. The third-order valence-corrected chi connectivity index (χ3v) is 3.05. The smallest absolute Gasteiger partial charge is 0.253 e. The van der Waals surface area contributed by atoms with Crippen LogP contribution < -0.4 is 5.32 Å². The van der Waals surface area contributed by atoms with Crippen molar-refractivity contribution in [1.29, 1.82) is 0 Å². The third-order valence-electron chi connectivity index (χ3n) is 3.05. The van der Waals surface area contributed by atoms with E-state index in [1.54, 1.807) is 6.08 Å². The fourth-order valence-electron chi connectivity index (χ4n) is 2.16. The molecule has 3 nitrogen and oxygen atoms in total. The van der Waals surface area contributed by atoms with Crippen LogP contribution in [0.5, 0.6) is 0 Å². The van der Waals surface area contributed by atoms with Crippen molar-refractivity contribution in [3.63, 3.8) is 0 Å². The van der Waals surface area contributed by atoms with Gasteiger partial charge in [-0.2, -0.15) is 0 Å². The maximum Gasteiger partial charge on any atom is 0.253 e. The van der Waals surface area contributed by atoms with E-state index in [9.17, 15) is 4.79 Å². The summed E-state index contributed by atoms with van der Waals surface area (Å²) in [5, 5.41) is 2.82. The van der Waals surface area contributed by atoms with E-state index in [1.165, 1.54) is 18.5 Å². The average Bonchev–Trinajstić information content (AvgIpc) is 3.03. The van der Waals surface area contributed by atoms with Gasteiger partial charge in [-0.05, 0) is 32.8 Å². The summed E-state index contributed by atoms with van der Waals surface area (Å²) >= 11 is 0. The molecule has 86 valence electrons. The summed E-state index contributed by atoms with van der Waals surface area (Å²) in [6, 6.07) is 2.60. The van der Waals surface area contributed by atoms with Crippen LogP contribution in [0.15, 0.2) is 18.7 Å². The van der Waals surface area contributed by atoms with Crippen molar-refractivity contribution in [3.05, 3.63) is 35.7 Å². The highest BCUT2D eigenvalue weighted by molar-refractivity contribution is 5.95. The quantitative estimate of drug-likeness (QED) is 0.773. The molecular formula is C13H18N2O. The fraction of sp³-hybridized carbons (Fsp3) is 0.462. The molecule has 0 unspecified atom stereocenters. The van der Waals surface area contributed by atoms with Crippen molar-refractivity contribution in [2.75, 3.05) is 6.54 Å². The largest absolute Gasteiger partial charge is 0.349 e. The zero-order valence-electron chi connectivity index (χ0n) is 9.92. The first-order chi connectivity index (χ1) is 7.65. The van der Waals surface area contributed by atoms with Gasteiger partial charge in [0.15, 0.2) is 0 Å². The van der Waals surface area contributed by atoms with Crippen molar-refractivity contribution >= 4 is 5.91 Å². The van der Waals surface area contributed by atoms with Crippen LogP contribution in [0.25, 0.3) is 0 Å². The van der Waals surface area contributed by atoms with Crippen LogP contribution in [0.1, 0.15) is 40.6 Å². The van der Waals surface area contributed by atoms with Crippen LogP contribution in [-0.4, -0.2) is 17.0 Å². The standard InChI is InChI=1S/C13H18N2O/c1-4-7-14-13(16)12-8-9(2)15(10(12)3)11-5-6-11/h4,8,11H,1,5-7H2,2-3H3,(H,14,16). The van der Waals surface area contributed by atoms with Crippen molar-refractivity contribution < 1.29 is 4.79 Å². The minimum atomic E-state index is -0.0000926. The first-order valence-corrected chi connectivity index (χ1v) is 5.72. The molecule has 1 amide bonds. The van der Waals surface area contributed by atoms with Gasteiger partial charge in [-0.1, -0.05) is 6.08 Å². The number of carbonyl (C=O) groups excluding carboxylic acids is 1. The summed E-state index contributed by atoms with van der Waals surface area (Å²) in [5.74, 6) is -0.0000926. The Labute approximate surface area is 96.2 Å². The summed E-state index contributed by atoms with van der Waals surface area (Å²) in [7, 11) is 0. The maximum atomic E-state index is 11.9. The monoisotopic (exact) mass is 218 g/mol. The minimum absolute atomic E-state index is 0.0000926. The molecule has 0 aliphatic heterocycles. The Morgan fingerprint density at radius 2 is 2.31 bits per heavy atom. The molecule has 0 radical (unpaired) electrons. The number of aromatic nitrogens is 1. The molecule has 0 bridgehead atoms. The zero-order chi connectivity index (χ0) is 11.7. The first kappa shape index (κ1) is 11.0. The van der Waals surface area contributed by atoms with Crippen LogP contribution in [0.2, 0.25) is 0 Å². The molecule has 2 rings (SSSR count). The van der Waals surface area contributed by atoms with E-state index >= 15 is 0 Å². The summed E-state index contributed by atoms with van der Waals surface area (Å²) < 4.78 is 2.28. The van der Waals surface area contributed by atoms with Gasteiger partial charge in [0.05, 0.1) is 5.56 Å². The van der Waals surface area contributed by atoms with Crippen molar-refractivity contribution in [3.8, 4) is 0 Å². The lowest BCUT2D eigenvalue weighted by Crippen LogP contribution is -2.23. The number of amides is 1. The predicted molar refractivity (Wildman–Crippen MR) is 64.7 cm³/mol. The second kappa shape index (κ2) is 4.16. The lowest BCUT2D eigenvalue weighted by Gasteiger charge is -2.07. The summed E-state index contributed by atoms with van der Waals surface area (Å²) in [6.07, 6.45) is 4.17. The maximum absolute atomic E-state index is 11.9. The Kier molecular flexibility index (Phi) is 2.86. The molecule has 1 aliphatic rings. The average molecular weight is 218 g/mol. The minimum Gasteiger partial charge on any atom is -0.349 e. The number of nitrogens with zero attached hydrogens (tertiary/aromatic N) is 1. The lowest BCUT2D eigenvalue weighted by atomic mass is 10.2. The molecule has 0 saturated heterocycles. The summed E-state index contributed by atoms with van der Waals surface area (Å²) in [4.78, 5) is 11.9. The van der Waals surface area contributed by atoms with Gasteiger partial charge in [0.2, 0.25) is 0 Å². The highest BCUT2D eigenvalue weighted by atomic mass is 16.1. The van der Waals surface area contributed by atoms with E-state index in [4.69, 9.17) is 0 Å². The third kappa shape index (κ3) is 1.90. The molecule has 0 spiro atoms. The number of hydrogen-bond acceptors (Lipinski definition) is 1. The number of rotatable bonds is 4. The number of aryl methyl sites for hydroxylation is 1. The van der Waals surface area contributed by atoms with Crippen LogP contribution in [0.3, 0.4) is 0 Å². The Hall–Kier alpha value is -1.51. The summed E-state index contributed by atoms with van der Waals surface area (Å²) in [6.45, 7) is 8.20. The van der Waals surface area contributed by atoms with Crippen molar-refractivity contribution in [2.24, 2.45) is 0 Å². The predicted octanol–water partition coefficient (Wildman–Crippen LogP) is 2.36. The molecule has 1 saturated carbocycles. The van der Waals surface area contributed by atoms with E-state index in [0.717, 1.165) is 11.3 Å². The van der Waals surface area contributed by atoms with Gasteiger partial charge in [0, 0.05) is 24.0 Å². The number of hydrogen-bond donors (Lipinski definition) is 1. The SMILES string of the molecule is C=CCNC(=O)c1cc(C)n(C2CC2)c1C.